The van der Waals surface area contributed by atoms with E-state index >= 15 is 0 Å². The van der Waals surface area contributed by atoms with Crippen molar-refractivity contribution >= 4 is 21.9 Å². The first kappa shape index (κ1) is 15.6. The quantitative estimate of drug-likeness (QED) is 0.316. The second-order valence-electron chi connectivity index (χ2n) is 9.00. The molecule has 32 heavy (non-hydrogen) atoms. The number of hydrogen-bond acceptors (Lipinski definition) is 2. The molecule has 0 unspecified atom stereocenters. The molecule has 2 aromatic heterocycles. The number of furan rings is 1. The van der Waals surface area contributed by atoms with Crippen LogP contribution in [0.15, 0.2) is 34.7 Å². The molecule has 1 fully saturated rings. The highest BCUT2D eigenvalue weighted by molar-refractivity contribution is 6.11. The van der Waals surface area contributed by atoms with E-state index in [0.717, 1.165) is 54.0 Å². The smallest absolute Gasteiger partial charge is 0.216 e. The highest BCUT2D eigenvalue weighted by Crippen LogP contribution is 2.42. The summed E-state index contributed by atoms with van der Waals surface area (Å²) in [6.45, 7) is 3.07. The van der Waals surface area contributed by atoms with E-state index in [1.807, 2.05) is 31.2 Å². The van der Waals surface area contributed by atoms with Crippen molar-refractivity contribution < 1.29 is 15.8 Å². The normalized spacial score (nSPS) is 18.5. The number of aromatic nitrogens is 1. The predicted octanol–water partition coefficient (Wildman–Crippen LogP) is 7.23. The fraction of sp³-hybridized carbons (Fsp3) is 0.379. The van der Waals surface area contributed by atoms with Crippen molar-refractivity contribution in [3.63, 3.8) is 0 Å². The molecular formula is C29H31N2O+. The van der Waals surface area contributed by atoms with Crippen LogP contribution in [0.3, 0.4) is 0 Å². The van der Waals surface area contributed by atoms with Crippen molar-refractivity contribution in [2.45, 2.75) is 65.6 Å². The summed E-state index contributed by atoms with van der Waals surface area (Å²) in [7, 11) is 1.78. The number of nitrogens with zero attached hydrogens (tertiary/aromatic N) is 2. The fourth-order valence-electron chi connectivity index (χ4n) is 5.11. The van der Waals surface area contributed by atoms with Crippen LogP contribution in [0.2, 0.25) is 0 Å². The minimum atomic E-state index is -2.33. The summed E-state index contributed by atoms with van der Waals surface area (Å²) in [4.78, 5) is 0. The molecule has 162 valence electrons. The number of aryl methyl sites for hydroxylation is 1. The van der Waals surface area contributed by atoms with Gasteiger partial charge in [0.1, 0.15) is 18.7 Å². The third-order valence-electron chi connectivity index (χ3n) is 7.09. The summed E-state index contributed by atoms with van der Waals surface area (Å²) in [6, 6.07) is 10.3. The van der Waals surface area contributed by atoms with Crippen LogP contribution in [0.1, 0.15) is 78.4 Å². The Morgan fingerprint density at radius 3 is 2.50 bits per heavy atom. The van der Waals surface area contributed by atoms with Crippen molar-refractivity contribution in [2.24, 2.45) is 7.05 Å². The molecule has 4 aromatic rings. The monoisotopic (exact) mass is 428 g/mol. The van der Waals surface area contributed by atoms with Gasteiger partial charge in [0.25, 0.3) is 0 Å². The van der Waals surface area contributed by atoms with Crippen LogP contribution in [0.4, 0.5) is 0 Å². The Balaban J connectivity index is 1.85. The van der Waals surface area contributed by atoms with Gasteiger partial charge in [0.15, 0.2) is 11.3 Å². The predicted molar refractivity (Wildman–Crippen MR) is 130 cm³/mol. The van der Waals surface area contributed by atoms with E-state index in [9.17, 15) is 5.26 Å². The number of hydrogen-bond donors (Lipinski definition) is 0. The van der Waals surface area contributed by atoms with Crippen LogP contribution >= 0.6 is 0 Å². The van der Waals surface area contributed by atoms with E-state index in [1.165, 1.54) is 0 Å². The van der Waals surface area contributed by atoms with E-state index in [2.05, 4.69) is 6.07 Å². The molecular weight excluding hydrogens is 392 g/mol. The Hall–Kier alpha value is -3.12. The number of fused-ring (bicyclic) bond motifs is 3. The SMILES string of the molecule is [2H]c1c(C)c(C([2H])([2H])[2H])c(C)[n+](C)c1-c1c(C)ccc2c1oc1c(C#N)c(C3([2H])CCCCC3)ccc12. The first-order valence-electron chi connectivity index (χ1n) is 13.8. The van der Waals surface area contributed by atoms with Crippen LogP contribution in [0.25, 0.3) is 33.2 Å². The lowest BCUT2D eigenvalue weighted by Gasteiger charge is -2.22. The molecule has 5 rings (SSSR count). The fourth-order valence-corrected chi connectivity index (χ4v) is 5.11. The molecule has 0 saturated heterocycles. The molecule has 2 aromatic carbocycles. The van der Waals surface area contributed by atoms with Gasteiger partial charge in [0.05, 0.1) is 12.5 Å². The molecule has 0 bridgehead atoms. The average molecular weight is 429 g/mol. The summed E-state index contributed by atoms with van der Waals surface area (Å²) < 4.78 is 50.4. The third-order valence-corrected chi connectivity index (χ3v) is 7.09. The Morgan fingerprint density at radius 1 is 1.06 bits per heavy atom. The standard InChI is InChI=1S/C29H31N2O/c1-17-11-12-24-23-14-13-22(21-9-7-6-8-10-21)25(16-30)28(23)32-29(24)27(17)26-15-18(2)19(3)20(4)31(26)5/h11-15,21H,6-10H2,1-5H3/q+1/i3D3,15D,21D. The summed E-state index contributed by atoms with van der Waals surface area (Å²) in [6.07, 6.45) is 4.52. The van der Waals surface area contributed by atoms with Gasteiger partial charge in [-0.05, 0) is 56.1 Å². The highest BCUT2D eigenvalue weighted by Gasteiger charge is 2.26. The largest absolute Gasteiger partial charge is 0.454 e. The van der Waals surface area contributed by atoms with Crippen molar-refractivity contribution in [2.75, 3.05) is 0 Å². The van der Waals surface area contributed by atoms with Gasteiger partial charge in [0.2, 0.25) is 5.69 Å². The lowest BCUT2D eigenvalue weighted by Crippen LogP contribution is -2.36. The molecule has 0 spiro atoms. The Bertz CT molecular complexity index is 1590. The molecule has 0 N–H and O–H groups in total. The first-order valence-corrected chi connectivity index (χ1v) is 11.3. The summed E-state index contributed by atoms with van der Waals surface area (Å²) in [5.74, 6) is -0.796. The molecule has 3 heteroatoms. The third kappa shape index (κ3) is 3.05. The maximum absolute atomic E-state index is 10.2. The number of nitriles is 1. The van der Waals surface area contributed by atoms with E-state index < -0.39 is 12.7 Å². The molecule has 0 aliphatic heterocycles. The Kier molecular flexibility index (Phi) is 3.80. The second kappa shape index (κ2) is 7.78. The minimum absolute atomic E-state index is 0.142. The van der Waals surface area contributed by atoms with Gasteiger partial charge in [-0.3, -0.25) is 0 Å². The Labute approximate surface area is 197 Å². The summed E-state index contributed by atoms with van der Waals surface area (Å²) in [5.41, 5.74) is 5.55. The Morgan fingerprint density at radius 2 is 1.78 bits per heavy atom. The first-order chi connectivity index (χ1) is 17.4. The van der Waals surface area contributed by atoms with Gasteiger partial charge in [0, 0.05) is 34.8 Å². The highest BCUT2D eigenvalue weighted by atomic mass is 16.3. The zero-order chi connectivity index (χ0) is 26.9. The van der Waals surface area contributed by atoms with E-state index in [0.29, 0.717) is 39.2 Å². The van der Waals surface area contributed by atoms with Crippen molar-refractivity contribution in [1.82, 2.24) is 0 Å². The maximum Gasteiger partial charge on any atom is 0.216 e. The lowest BCUT2D eigenvalue weighted by molar-refractivity contribution is -0.667. The lowest BCUT2D eigenvalue weighted by atomic mass is 9.82. The molecule has 1 saturated carbocycles. The number of pyridine rings is 1. The van der Waals surface area contributed by atoms with Gasteiger partial charge in [-0.25, -0.2) is 0 Å². The summed E-state index contributed by atoms with van der Waals surface area (Å²) >= 11 is 0. The zero-order valence-corrected chi connectivity index (χ0v) is 19.1. The zero-order valence-electron chi connectivity index (χ0n) is 24.1. The van der Waals surface area contributed by atoms with Gasteiger partial charge >= 0.3 is 0 Å². The average Bonchev–Trinajstić information content (AvgIpc) is 3.22. The van der Waals surface area contributed by atoms with E-state index in [-0.39, 0.29) is 11.6 Å². The van der Waals surface area contributed by atoms with Crippen molar-refractivity contribution in [3.8, 4) is 17.3 Å². The molecule has 2 heterocycles. The van der Waals surface area contributed by atoms with Crippen LogP contribution in [0, 0.1) is 39.0 Å². The summed E-state index contributed by atoms with van der Waals surface area (Å²) in [5, 5.41) is 11.8. The van der Waals surface area contributed by atoms with Crippen LogP contribution in [0.5, 0.6) is 0 Å². The minimum Gasteiger partial charge on any atom is -0.454 e. The van der Waals surface area contributed by atoms with Crippen molar-refractivity contribution in [1.29, 1.82) is 5.26 Å². The maximum atomic E-state index is 10.2. The van der Waals surface area contributed by atoms with Crippen molar-refractivity contribution in [3.05, 3.63) is 63.8 Å². The van der Waals surface area contributed by atoms with Gasteiger partial charge < -0.3 is 4.42 Å². The van der Waals surface area contributed by atoms with Crippen LogP contribution < -0.4 is 4.57 Å². The van der Waals surface area contributed by atoms with Crippen LogP contribution in [-0.2, 0) is 7.05 Å². The van der Waals surface area contributed by atoms with Gasteiger partial charge in [-0.1, -0.05) is 43.5 Å². The van der Waals surface area contributed by atoms with Gasteiger partial charge in [-0.2, -0.15) is 9.83 Å². The van der Waals surface area contributed by atoms with E-state index in [4.69, 9.17) is 11.3 Å². The molecule has 3 nitrogen and oxygen atoms in total. The topological polar surface area (TPSA) is 40.8 Å². The molecule has 0 radical (unpaired) electrons. The number of benzene rings is 2. The van der Waals surface area contributed by atoms with Gasteiger partial charge in [-0.15, -0.1) is 0 Å². The molecule has 0 atom stereocenters. The second-order valence-corrected chi connectivity index (χ2v) is 9.00. The number of rotatable bonds is 2. The molecule has 1 aliphatic carbocycles. The molecule has 0 amide bonds. The molecule has 1 aliphatic rings. The van der Waals surface area contributed by atoms with Crippen LogP contribution in [-0.4, -0.2) is 0 Å². The van der Waals surface area contributed by atoms with E-state index in [1.54, 1.807) is 25.5 Å².